The van der Waals surface area contributed by atoms with E-state index >= 15 is 0 Å². The molecule has 0 bridgehead atoms. The van der Waals surface area contributed by atoms with E-state index in [0.717, 1.165) is 16.6 Å². The van der Waals surface area contributed by atoms with E-state index in [0.29, 0.717) is 36.8 Å². The fraction of sp³-hybridized carbons (Fsp3) is 0.200. The van der Waals surface area contributed by atoms with Gasteiger partial charge in [0.05, 0.1) is 36.8 Å². The topological polar surface area (TPSA) is 85.8 Å². The minimum absolute atomic E-state index is 0.465. The van der Waals surface area contributed by atoms with Gasteiger partial charge in [0.25, 0.3) is 0 Å². The van der Waals surface area contributed by atoms with E-state index in [2.05, 4.69) is 27.5 Å². The van der Waals surface area contributed by atoms with Crippen molar-refractivity contribution in [1.29, 1.82) is 0 Å². The molecule has 0 aliphatic rings. The Balaban J connectivity index is 1.37. The number of pyridine rings is 1. The van der Waals surface area contributed by atoms with Crippen LogP contribution < -0.4 is 10.1 Å². The number of aliphatic hydroxyl groups excluding tert-OH is 1. The monoisotopic (exact) mass is 443 g/mol. The summed E-state index contributed by atoms with van der Waals surface area (Å²) >= 11 is 0. The maximum atomic E-state index is 11.0. The van der Waals surface area contributed by atoms with Gasteiger partial charge in [0.2, 0.25) is 0 Å². The number of imidazole rings is 1. The molecule has 0 saturated heterocycles. The van der Waals surface area contributed by atoms with Gasteiger partial charge < -0.3 is 19.9 Å². The van der Waals surface area contributed by atoms with Gasteiger partial charge in [0.1, 0.15) is 18.0 Å². The van der Waals surface area contributed by atoms with Crippen LogP contribution in [0.3, 0.4) is 0 Å². The predicted molar refractivity (Wildman–Crippen MR) is 126 cm³/mol. The third-order valence-corrected chi connectivity index (χ3v) is 5.50. The largest absolute Gasteiger partial charge is 0.491 e. The molecule has 5 aromatic rings. The van der Waals surface area contributed by atoms with Crippen molar-refractivity contribution in [2.45, 2.75) is 12.8 Å². The van der Waals surface area contributed by atoms with Crippen LogP contribution in [0.1, 0.15) is 17.5 Å². The van der Waals surface area contributed by atoms with Crippen LogP contribution in [0.25, 0.3) is 16.6 Å². The number of nitrogens with zero attached hydrogens (tertiary/aromatic N) is 4. The molecule has 0 radical (unpaired) electrons. The minimum Gasteiger partial charge on any atom is -0.491 e. The predicted octanol–water partition coefficient (Wildman–Crippen LogP) is 3.86. The lowest BCUT2D eigenvalue weighted by molar-refractivity contribution is 0.146. The fourth-order valence-electron chi connectivity index (χ4n) is 3.85. The number of methoxy groups -OCH3 is 1. The van der Waals surface area contributed by atoms with Crippen molar-refractivity contribution in [3.05, 3.63) is 90.5 Å². The Morgan fingerprint density at radius 2 is 1.91 bits per heavy atom. The summed E-state index contributed by atoms with van der Waals surface area (Å²) in [6, 6.07) is 19.8. The van der Waals surface area contributed by atoms with Gasteiger partial charge >= 0.3 is 0 Å². The molecule has 0 spiro atoms. The number of ether oxygens (including phenoxy) is 2. The highest BCUT2D eigenvalue weighted by molar-refractivity contribution is 5.91. The first-order chi connectivity index (χ1) is 16.2. The van der Waals surface area contributed by atoms with Crippen molar-refractivity contribution in [2.24, 2.45) is 0 Å². The summed E-state index contributed by atoms with van der Waals surface area (Å²) in [5.74, 6) is 0.703. The lowest BCUT2D eigenvalue weighted by Gasteiger charge is -2.15. The molecule has 0 saturated carbocycles. The quantitative estimate of drug-likeness (QED) is 0.266. The highest BCUT2D eigenvalue weighted by atomic mass is 16.5. The van der Waals surface area contributed by atoms with Gasteiger partial charge in [-0.2, -0.15) is 5.10 Å². The van der Waals surface area contributed by atoms with Crippen LogP contribution in [-0.2, 0) is 11.3 Å². The number of hydrogen-bond acceptors (Lipinski definition) is 6. The van der Waals surface area contributed by atoms with E-state index < -0.39 is 6.23 Å². The summed E-state index contributed by atoms with van der Waals surface area (Å²) in [4.78, 5) is 4.42. The first-order valence-electron chi connectivity index (χ1n) is 10.7. The van der Waals surface area contributed by atoms with Crippen molar-refractivity contribution in [2.75, 3.05) is 25.6 Å². The van der Waals surface area contributed by atoms with E-state index in [1.165, 1.54) is 5.56 Å². The Kier molecular flexibility index (Phi) is 5.93. The number of fused-ring (bicyclic) bond motifs is 2. The highest BCUT2D eigenvalue weighted by Gasteiger charge is 2.16. The number of rotatable bonds is 9. The zero-order valence-corrected chi connectivity index (χ0v) is 18.3. The normalized spacial score (nSPS) is 12.3. The van der Waals surface area contributed by atoms with Crippen LogP contribution in [0.4, 0.5) is 5.69 Å². The summed E-state index contributed by atoms with van der Waals surface area (Å²) in [5.41, 5.74) is 4.29. The molecular formula is C25H25N5O3. The Labute approximate surface area is 191 Å². The number of nitrogens with one attached hydrogen (secondary N) is 1. The summed E-state index contributed by atoms with van der Waals surface area (Å²) in [7, 11) is 1.64. The summed E-state index contributed by atoms with van der Waals surface area (Å²) < 4.78 is 14.5. The smallest absolute Gasteiger partial charge is 0.168 e. The lowest BCUT2D eigenvalue weighted by atomic mass is 10.2. The fourth-order valence-corrected chi connectivity index (χ4v) is 3.85. The van der Waals surface area contributed by atoms with Crippen molar-refractivity contribution in [3.63, 3.8) is 0 Å². The summed E-state index contributed by atoms with van der Waals surface area (Å²) in [6.45, 7) is 1.66. The van der Waals surface area contributed by atoms with Gasteiger partial charge in [0.15, 0.2) is 6.23 Å². The standard InChI is InChI=1S/C25H25N5O3/c1-32-12-13-33-19-10-11-29-23(16-26-24(29)14-19)25(31)28-21-8-5-9-22-20(21)15-27-30(22)17-18-6-3-2-4-7-18/h2-11,14-16,25,28,31H,12-13,17H2,1H3. The molecule has 1 unspecified atom stereocenters. The second-order valence-corrected chi connectivity index (χ2v) is 7.69. The number of hydrogen-bond donors (Lipinski definition) is 2. The molecule has 0 amide bonds. The molecule has 2 aromatic carbocycles. The van der Waals surface area contributed by atoms with Crippen LogP contribution in [0.5, 0.6) is 5.75 Å². The van der Waals surface area contributed by atoms with E-state index in [9.17, 15) is 5.11 Å². The van der Waals surface area contributed by atoms with E-state index in [-0.39, 0.29) is 0 Å². The van der Waals surface area contributed by atoms with Gasteiger partial charge in [-0.15, -0.1) is 0 Å². The van der Waals surface area contributed by atoms with Crippen LogP contribution >= 0.6 is 0 Å². The molecule has 33 heavy (non-hydrogen) atoms. The third kappa shape index (κ3) is 4.39. The van der Waals surface area contributed by atoms with Crippen molar-refractivity contribution in [1.82, 2.24) is 19.2 Å². The first kappa shape index (κ1) is 21.0. The zero-order chi connectivity index (χ0) is 22.6. The second-order valence-electron chi connectivity index (χ2n) is 7.69. The van der Waals surface area contributed by atoms with E-state index in [4.69, 9.17) is 9.47 Å². The van der Waals surface area contributed by atoms with Gasteiger partial charge in [-0.05, 0) is 23.8 Å². The molecule has 0 fully saturated rings. The van der Waals surface area contributed by atoms with Crippen molar-refractivity contribution in [3.8, 4) is 5.75 Å². The minimum atomic E-state index is -0.955. The average Bonchev–Trinajstić information content (AvgIpc) is 3.45. The Morgan fingerprint density at radius 1 is 1.03 bits per heavy atom. The Bertz CT molecular complexity index is 1360. The van der Waals surface area contributed by atoms with Crippen molar-refractivity contribution < 1.29 is 14.6 Å². The summed E-state index contributed by atoms with van der Waals surface area (Å²) in [5, 5.41) is 19.7. The number of benzene rings is 2. The molecular weight excluding hydrogens is 418 g/mol. The highest BCUT2D eigenvalue weighted by Crippen LogP contribution is 2.27. The number of aromatic nitrogens is 4. The van der Waals surface area contributed by atoms with Crippen molar-refractivity contribution >= 4 is 22.2 Å². The second kappa shape index (κ2) is 9.32. The SMILES string of the molecule is COCCOc1ccn2c(C(O)Nc3cccc4c3cnn4Cc3ccccc3)cnc2c1. The molecule has 8 heteroatoms. The number of aliphatic hydroxyl groups is 1. The molecule has 3 heterocycles. The van der Waals surface area contributed by atoms with E-state index in [1.807, 2.05) is 70.0 Å². The van der Waals surface area contributed by atoms with Gasteiger partial charge in [-0.1, -0.05) is 36.4 Å². The average molecular weight is 444 g/mol. The Hall–Kier alpha value is -3.88. The summed E-state index contributed by atoms with van der Waals surface area (Å²) in [6.07, 6.45) is 4.36. The van der Waals surface area contributed by atoms with Crippen LogP contribution in [-0.4, -0.2) is 44.6 Å². The maximum absolute atomic E-state index is 11.0. The number of anilines is 1. The third-order valence-electron chi connectivity index (χ3n) is 5.50. The Morgan fingerprint density at radius 3 is 2.76 bits per heavy atom. The lowest BCUT2D eigenvalue weighted by Crippen LogP contribution is -2.12. The molecule has 168 valence electrons. The van der Waals surface area contributed by atoms with Crippen LogP contribution in [0.2, 0.25) is 0 Å². The van der Waals surface area contributed by atoms with Crippen LogP contribution in [0.15, 0.2) is 79.3 Å². The van der Waals surface area contributed by atoms with Gasteiger partial charge in [-0.25, -0.2) is 4.98 Å². The zero-order valence-electron chi connectivity index (χ0n) is 18.3. The molecule has 2 N–H and O–H groups in total. The van der Waals surface area contributed by atoms with Gasteiger partial charge in [0, 0.05) is 30.4 Å². The first-order valence-corrected chi connectivity index (χ1v) is 10.7. The molecule has 5 rings (SSSR count). The van der Waals surface area contributed by atoms with Gasteiger partial charge in [-0.3, -0.25) is 9.08 Å². The molecule has 0 aliphatic carbocycles. The molecule has 3 aromatic heterocycles. The van der Waals surface area contributed by atoms with E-state index in [1.54, 1.807) is 13.3 Å². The maximum Gasteiger partial charge on any atom is 0.168 e. The molecule has 0 aliphatic heterocycles. The molecule has 8 nitrogen and oxygen atoms in total. The van der Waals surface area contributed by atoms with Crippen LogP contribution in [0, 0.1) is 0 Å². The molecule has 1 atom stereocenters.